The predicted octanol–water partition coefficient (Wildman–Crippen LogP) is 2.42. The van der Waals surface area contributed by atoms with Crippen LogP contribution in [0.5, 0.6) is 5.75 Å². The summed E-state index contributed by atoms with van der Waals surface area (Å²) in [5, 5.41) is 56.0. The molecule has 0 aliphatic heterocycles. The summed E-state index contributed by atoms with van der Waals surface area (Å²) in [4.78, 5) is 38.0. The number of carbonyl (C=O) groups excluding carboxylic acids is 3. The van der Waals surface area contributed by atoms with Gasteiger partial charge in [0.2, 0.25) is 5.78 Å². The molecule has 0 aromatic heterocycles. The number of phenolic OH excluding ortho intramolecular Hbond substituents is 1. The smallest absolute Gasteiger partial charge is 0.255 e. The summed E-state index contributed by atoms with van der Waals surface area (Å²) in [7, 11) is 0. The summed E-state index contributed by atoms with van der Waals surface area (Å²) in [5.41, 5.74) is 1.78. The zero-order valence-electron chi connectivity index (χ0n) is 20.8. The van der Waals surface area contributed by atoms with Gasteiger partial charge in [0.15, 0.2) is 11.4 Å². The largest absolute Gasteiger partial charge is 0.508 e. The molecule has 9 heteroatoms. The molecule has 9 nitrogen and oxygen atoms in total. The van der Waals surface area contributed by atoms with E-state index in [1.54, 1.807) is 19.1 Å². The molecular weight excluding hydrogens is 466 g/mol. The maximum atomic E-state index is 13.7. The Bertz CT molecular complexity index is 1240. The Labute approximate surface area is 208 Å². The van der Waals surface area contributed by atoms with Gasteiger partial charge in [-0.2, -0.15) is 0 Å². The lowest BCUT2D eigenvalue weighted by atomic mass is 9.55. The highest BCUT2D eigenvalue weighted by Gasteiger charge is 2.64. The Morgan fingerprint density at radius 3 is 2.42 bits per heavy atom. The number of carbonyl (C=O) groups is 3. The highest BCUT2D eigenvalue weighted by atomic mass is 16.4. The average molecular weight is 500 g/mol. The van der Waals surface area contributed by atoms with Gasteiger partial charge in [-0.15, -0.1) is 0 Å². The number of aromatic hydroxyl groups is 1. The van der Waals surface area contributed by atoms with Gasteiger partial charge >= 0.3 is 0 Å². The van der Waals surface area contributed by atoms with Crippen molar-refractivity contribution in [2.45, 2.75) is 76.4 Å². The molecule has 1 saturated carbocycles. The molecule has 1 aromatic rings. The first-order valence-electron chi connectivity index (χ1n) is 12.2. The second-order valence-electron chi connectivity index (χ2n) is 10.9. The third-order valence-corrected chi connectivity index (χ3v) is 8.39. The standard InChI is InChI=1S/C27H33NO8/c1-5-6-9-26(3,4)13-8-7-12-11(2)16-19(22(32)17(12)20(13)30)24(34)27(36)14(21(16)31)10-15(29)18(23(27)33)25(28)35/h7-8,11,14,16,21,30-33,36H,5-6,9-10H2,1-4H3,(H2,28,35). The molecule has 0 saturated heterocycles. The topological polar surface area (TPSA) is 178 Å². The molecule has 36 heavy (non-hydrogen) atoms. The number of ketones is 2. The predicted molar refractivity (Wildman–Crippen MR) is 130 cm³/mol. The van der Waals surface area contributed by atoms with Gasteiger partial charge in [-0.3, -0.25) is 14.4 Å². The zero-order chi connectivity index (χ0) is 26.9. The second kappa shape index (κ2) is 8.45. The van der Waals surface area contributed by atoms with Crippen LogP contribution < -0.4 is 5.73 Å². The third kappa shape index (κ3) is 3.33. The minimum absolute atomic E-state index is 0.0314. The Hall–Kier alpha value is -3.17. The Kier molecular flexibility index (Phi) is 6.08. The minimum atomic E-state index is -2.83. The van der Waals surface area contributed by atoms with Gasteiger partial charge in [-0.25, -0.2) is 0 Å². The van der Waals surface area contributed by atoms with E-state index < -0.39 is 75.9 Å². The summed E-state index contributed by atoms with van der Waals surface area (Å²) in [5.74, 6) is -8.45. The van der Waals surface area contributed by atoms with E-state index in [-0.39, 0.29) is 16.9 Å². The summed E-state index contributed by atoms with van der Waals surface area (Å²) in [6.45, 7) is 7.72. The number of hydrogen-bond acceptors (Lipinski definition) is 8. The van der Waals surface area contributed by atoms with Crippen LogP contribution in [0.15, 0.2) is 29.0 Å². The summed E-state index contributed by atoms with van der Waals surface area (Å²) in [6, 6.07) is 3.53. The van der Waals surface area contributed by atoms with Crippen LogP contribution in [0.25, 0.3) is 5.76 Å². The number of phenols is 1. The second-order valence-corrected chi connectivity index (χ2v) is 10.9. The van der Waals surface area contributed by atoms with Crippen LogP contribution in [0.1, 0.15) is 76.0 Å². The van der Waals surface area contributed by atoms with E-state index in [1.807, 2.05) is 13.8 Å². The number of hydrogen-bond donors (Lipinski definition) is 6. The first kappa shape index (κ1) is 25.9. The van der Waals surface area contributed by atoms with Crippen molar-refractivity contribution in [3.8, 4) is 5.75 Å². The first-order chi connectivity index (χ1) is 16.7. The lowest BCUT2D eigenvalue weighted by Gasteiger charge is -2.50. The Morgan fingerprint density at radius 1 is 1.19 bits per heavy atom. The molecule has 0 bridgehead atoms. The summed E-state index contributed by atoms with van der Waals surface area (Å²) >= 11 is 0. The molecule has 5 unspecified atom stereocenters. The highest BCUT2D eigenvalue weighted by molar-refractivity contribution is 6.23. The molecule has 3 aliphatic carbocycles. The number of nitrogens with two attached hydrogens (primary N) is 1. The number of aliphatic hydroxyl groups excluding tert-OH is 3. The summed E-state index contributed by atoms with van der Waals surface area (Å²) in [6.07, 6.45) is 0.526. The molecule has 7 N–H and O–H groups in total. The summed E-state index contributed by atoms with van der Waals surface area (Å²) < 4.78 is 0. The van der Waals surface area contributed by atoms with Crippen LogP contribution in [0.2, 0.25) is 0 Å². The van der Waals surface area contributed by atoms with Crippen LogP contribution >= 0.6 is 0 Å². The fraction of sp³-hybridized carbons (Fsp3) is 0.519. The number of aliphatic hydroxyl groups is 4. The van der Waals surface area contributed by atoms with Crippen molar-refractivity contribution < 1.29 is 39.9 Å². The molecule has 4 rings (SSSR count). The molecule has 1 aromatic carbocycles. The van der Waals surface area contributed by atoms with Crippen molar-refractivity contribution in [1.82, 2.24) is 0 Å². The normalized spacial score (nSPS) is 30.2. The van der Waals surface area contributed by atoms with Crippen molar-refractivity contribution in [3.63, 3.8) is 0 Å². The molecule has 1 amide bonds. The number of fused-ring (bicyclic) bond motifs is 3. The van der Waals surface area contributed by atoms with Crippen LogP contribution in [-0.2, 0) is 19.8 Å². The molecule has 0 spiro atoms. The van der Waals surface area contributed by atoms with Crippen molar-refractivity contribution in [2.24, 2.45) is 17.6 Å². The fourth-order valence-corrected chi connectivity index (χ4v) is 6.30. The van der Waals surface area contributed by atoms with Gasteiger partial charge in [0.05, 0.1) is 11.7 Å². The number of Topliss-reactive ketones (excluding diaryl/α,β-unsaturated/α-hetero) is 2. The lowest BCUT2D eigenvalue weighted by molar-refractivity contribution is -0.160. The molecule has 3 aliphatic rings. The van der Waals surface area contributed by atoms with E-state index in [2.05, 4.69) is 6.92 Å². The van der Waals surface area contributed by atoms with E-state index in [0.29, 0.717) is 11.1 Å². The van der Waals surface area contributed by atoms with Crippen molar-refractivity contribution >= 4 is 23.2 Å². The average Bonchev–Trinajstić information content (AvgIpc) is 2.80. The van der Waals surface area contributed by atoms with Gasteiger partial charge in [-0.05, 0) is 23.3 Å². The molecule has 0 heterocycles. The molecule has 1 fully saturated rings. The van der Waals surface area contributed by atoms with E-state index >= 15 is 0 Å². The maximum absolute atomic E-state index is 13.7. The van der Waals surface area contributed by atoms with E-state index in [4.69, 9.17) is 5.73 Å². The maximum Gasteiger partial charge on any atom is 0.255 e. The van der Waals surface area contributed by atoms with Crippen molar-refractivity contribution in [1.29, 1.82) is 0 Å². The van der Waals surface area contributed by atoms with Crippen LogP contribution in [0.3, 0.4) is 0 Å². The third-order valence-electron chi connectivity index (χ3n) is 8.39. The van der Waals surface area contributed by atoms with E-state index in [0.717, 1.165) is 19.3 Å². The monoisotopic (exact) mass is 499 g/mol. The van der Waals surface area contributed by atoms with Gasteiger partial charge in [0.25, 0.3) is 5.91 Å². The van der Waals surface area contributed by atoms with Crippen LogP contribution in [0.4, 0.5) is 0 Å². The lowest BCUT2D eigenvalue weighted by Crippen LogP contribution is -2.63. The number of amides is 1. The minimum Gasteiger partial charge on any atom is -0.508 e. The number of primary amides is 1. The zero-order valence-corrected chi connectivity index (χ0v) is 20.8. The van der Waals surface area contributed by atoms with Gasteiger partial charge < -0.3 is 31.3 Å². The van der Waals surface area contributed by atoms with Crippen molar-refractivity contribution in [2.75, 3.05) is 0 Å². The first-order valence-corrected chi connectivity index (χ1v) is 12.2. The molecule has 5 atom stereocenters. The molecular formula is C27H33NO8. The Morgan fingerprint density at radius 2 is 1.83 bits per heavy atom. The van der Waals surface area contributed by atoms with Gasteiger partial charge in [-0.1, -0.05) is 52.7 Å². The Balaban J connectivity index is 1.96. The van der Waals surface area contributed by atoms with E-state index in [1.165, 1.54) is 0 Å². The molecule has 194 valence electrons. The number of benzene rings is 1. The van der Waals surface area contributed by atoms with Gasteiger partial charge in [0, 0.05) is 29.4 Å². The van der Waals surface area contributed by atoms with E-state index in [9.17, 15) is 39.9 Å². The number of unbranched alkanes of at least 4 members (excludes halogenated alkanes) is 1. The number of rotatable bonds is 5. The molecule has 0 radical (unpaired) electrons. The highest BCUT2D eigenvalue weighted by Crippen LogP contribution is 2.56. The fourth-order valence-electron chi connectivity index (χ4n) is 6.30. The van der Waals surface area contributed by atoms with Crippen LogP contribution in [-0.4, -0.2) is 54.7 Å². The van der Waals surface area contributed by atoms with Crippen molar-refractivity contribution in [3.05, 3.63) is 45.7 Å². The quantitative estimate of drug-likeness (QED) is 0.334. The van der Waals surface area contributed by atoms with Crippen LogP contribution in [0, 0.1) is 11.8 Å². The van der Waals surface area contributed by atoms with Gasteiger partial charge in [0.1, 0.15) is 22.8 Å². The SMILES string of the molecule is CCCCC(C)(C)c1ccc2c(c1O)C(O)=C1C(=O)C3(O)C(O)=C(C(N)=O)C(=O)CC3C(O)C1C2C.